The SMILES string of the molecule is CC(Oc1ccc(-c2cccc(N)n2)c(C2CC2)c1)C(=O)N(C)C. The molecule has 1 aromatic carbocycles. The minimum atomic E-state index is -0.511. The van der Waals surface area contributed by atoms with Crippen LogP contribution in [0.25, 0.3) is 11.3 Å². The van der Waals surface area contributed by atoms with Crippen LogP contribution >= 0.6 is 0 Å². The highest BCUT2D eigenvalue weighted by Crippen LogP contribution is 2.45. The van der Waals surface area contributed by atoms with Gasteiger partial charge in [0.25, 0.3) is 5.91 Å². The Hall–Kier alpha value is -2.56. The predicted molar refractivity (Wildman–Crippen MR) is 94.8 cm³/mol. The number of benzene rings is 1. The van der Waals surface area contributed by atoms with Crippen molar-refractivity contribution < 1.29 is 9.53 Å². The average Bonchev–Trinajstić information content (AvgIpc) is 3.38. The molecule has 0 saturated heterocycles. The number of nitrogen functional groups attached to an aromatic ring is 1. The van der Waals surface area contributed by atoms with Crippen molar-refractivity contribution >= 4 is 11.7 Å². The minimum absolute atomic E-state index is 0.0513. The lowest BCUT2D eigenvalue weighted by molar-refractivity contribution is -0.135. The van der Waals surface area contributed by atoms with E-state index in [1.807, 2.05) is 30.3 Å². The Balaban J connectivity index is 1.89. The van der Waals surface area contributed by atoms with Crippen molar-refractivity contribution in [1.82, 2.24) is 9.88 Å². The molecule has 0 radical (unpaired) electrons. The Morgan fingerprint density at radius 1 is 1.29 bits per heavy atom. The average molecular weight is 325 g/mol. The largest absolute Gasteiger partial charge is 0.481 e. The molecule has 0 spiro atoms. The zero-order valence-corrected chi connectivity index (χ0v) is 14.3. The first-order valence-electron chi connectivity index (χ1n) is 8.20. The van der Waals surface area contributed by atoms with E-state index in [4.69, 9.17) is 10.5 Å². The van der Waals surface area contributed by atoms with Crippen molar-refractivity contribution in [2.24, 2.45) is 0 Å². The summed E-state index contributed by atoms with van der Waals surface area (Å²) in [5.41, 5.74) is 9.00. The van der Waals surface area contributed by atoms with Gasteiger partial charge in [-0.3, -0.25) is 4.79 Å². The van der Waals surface area contributed by atoms with Gasteiger partial charge in [0, 0.05) is 19.7 Å². The van der Waals surface area contributed by atoms with Crippen LogP contribution in [0.1, 0.15) is 31.2 Å². The second-order valence-corrected chi connectivity index (χ2v) is 6.46. The fourth-order valence-electron chi connectivity index (χ4n) is 2.80. The highest BCUT2D eigenvalue weighted by atomic mass is 16.5. The number of aromatic nitrogens is 1. The topological polar surface area (TPSA) is 68.5 Å². The van der Waals surface area contributed by atoms with Gasteiger partial charge in [-0.2, -0.15) is 0 Å². The van der Waals surface area contributed by atoms with Gasteiger partial charge in [0.15, 0.2) is 6.10 Å². The van der Waals surface area contributed by atoms with Gasteiger partial charge in [0.05, 0.1) is 5.69 Å². The lowest BCUT2D eigenvalue weighted by Gasteiger charge is -2.19. The number of nitrogens with zero attached hydrogens (tertiary/aromatic N) is 2. The number of ether oxygens (including phenoxy) is 1. The third-order valence-electron chi connectivity index (χ3n) is 4.19. The first-order valence-corrected chi connectivity index (χ1v) is 8.20. The standard InChI is InChI=1S/C19H23N3O2/c1-12(19(23)22(2)3)24-14-9-10-15(16(11-14)13-7-8-13)17-5-4-6-18(20)21-17/h4-6,9-13H,7-8H2,1-3H3,(H2,20,21). The van der Waals surface area contributed by atoms with Crippen LogP contribution in [0, 0.1) is 0 Å². The van der Waals surface area contributed by atoms with Crippen LogP contribution in [-0.4, -0.2) is 36.0 Å². The van der Waals surface area contributed by atoms with Crippen molar-refractivity contribution in [3.05, 3.63) is 42.0 Å². The predicted octanol–water partition coefficient (Wildman–Crippen LogP) is 3.06. The summed E-state index contributed by atoms with van der Waals surface area (Å²) in [6.45, 7) is 1.77. The van der Waals surface area contributed by atoms with Crippen LogP contribution < -0.4 is 10.5 Å². The Labute approximate surface area is 142 Å². The molecule has 1 aliphatic carbocycles. The van der Waals surface area contributed by atoms with Crippen LogP contribution in [-0.2, 0) is 4.79 Å². The molecule has 3 rings (SSSR count). The maximum Gasteiger partial charge on any atom is 0.262 e. The lowest BCUT2D eigenvalue weighted by Crippen LogP contribution is -2.35. The number of hydrogen-bond donors (Lipinski definition) is 1. The Morgan fingerprint density at radius 3 is 2.67 bits per heavy atom. The van der Waals surface area contributed by atoms with Gasteiger partial charge < -0.3 is 15.4 Å². The molecular weight excluding hydrogens is 302 g/mol. The number of carbonyl (C=O) groups is 1. The fourth-order valence-corrected chi connectivity index (χ4v) is 2.80. The van der Waals surface area contributed by atoms with E-state index in [-0.39, 0.29) is 5.91 Å². The lowest BCUT2D eigenvalue weighted by atomic mass is 9.99. The van der Waals surface area contributed by atoms with E-state index >= 15 is 0 Å². The van der Waals surface area contributed by atoms with Crippen molar-refractivity contribution in [3.8, 4) is 17.0 Å². The molecule has 5 nitrogen and oxygen atoms in total. The number of rotatable bonds is 5. The molecule has 1 heterocycles. The number of anilines is 1. The minimum Gasteiger partial charge on any atom is -0.481 e. The molecule has 1 aliphatic rings. The summed E-state index contributed by atoms with van der Waals surface area (Å²) in [5, 5.41) is 0. The number of amides is 1. The first-order chi connectivity index (χ1) is 11.5. The Bertz CT molecular complexity index is 754. The molecule has 1 aromatic heterocycles. The fraction of sp³-hybridized carbons (Fsp3) is 0.368. The zero-order valence-electron chi connectivity index (χ0n) is 14.3. The van der Waals surface area contributed by atoms with Gasteiger partial charge >= 0.3 is 0 Å². The van der Waals surface area contributed by atoms with E-state index < -0.39 is 6.10 Å². The van der Waals surface area contributed by atoms with E-state index in [1.54, 1.807) is 27.1 Å². The monoisotopic (exact) mass is 325 g/mol. The van der Waals surface area contributed by atoms with Crippen LogP contribution in [0.5, 0.6) is 5.75 Å². The zero-order chi connectivity index (χ0) is 17.3. The second kappa shape index (κ2) is 6.51. The Morgan fingerprint density at radius 2 is 2.04 bits per heavy atom. The van der Waals surface area contributed by atoms with Crippen molar-refractivity contribution in [1.29, 1.82) is 0 Å². The maximum atomic E-state index is 12.0. The molecule has 0 aliphatic heterocycles. The highest BCUT2D eigenvalue weighted by Gasteiger charge is 2.28. The molecule has 2 aromatic rings. The molecule has 1 fully saturated rings. The molecule has 1 saturated carbocycles. The van der Waals surface area contributed by atoms with E-state index in [0.29, 0.717) is 17.5 Å². The van der Waals surface area contributed by atoms with Crippen molar-refractivity contribution in [2.45, 2.75) is 31.8 Å². The third kappa shape index (κ3) is 3.50. The molecule has 0 bridgehead atoms. The number of pyridine rings is 1. The molecule has 24 heavy (non-hydrogen) atoms. The molecule has 1 unspecified atom stereocenters. The molecule has 2 N–H and O–H groups in total. The van der Waals surface area contributed by atoms with E-state index in [0.717, 1.165) is 11.3 Å². The molecular formula is C19H23N3O2. The van der Waals surface area contributed by atoms with E-state index in [2.05, 4.69) is 4.98 Å². The van der Waals surface area contributed by atoms with Gasteiger partial charge in [0.1, 0.15) is 11.6 Å². The quantitative estimate of drug-likeness (QED) is 0.917. The summed E-state index contributed by atoms with van der Waals surface area (Å²) >= 11 is 0. The van der Waals surface area contributed by atoms with E-state index in [9.17, 15) is 4.79 Å². The summed E-state index contributed by atoms with van der Waals surface area (Å²) < 4.78 is 5.83. The number of hydrogen-bond acceptors (Lipinski definition) is 4. The van der Waals surface area contributed by atoms with Gasteiger partial charge in [-0.05, 0) is 61.6 Å². The number of carbonyl (C=O) groups excluding carboxylic acids is 1. The number of likely N-dealkylation sites (N-methyl/N-ethyl adjacent to an activating group) is 1. The van der Waals surface area contributed by atoms with Crippen LogP contribution in [0.4, 0.5) is 5.82 Å². The molecule has 5 heteroatoms. The van der Waals surface area contributed by atoms with Crippen LogP contribution in [0.15, 0.2) is 36.4 Å². The van der Waals surface area contributed by atoms with Gasteiger partial charge in [0.2, 0.25) is 0 Å². The third-order valence-corrected chi connectivity index (χ3v) is 4.19. The molecule has 1 amide bonds. The van der Waals surface area contributed by atoms with Crippen molar-refractivity contribution in [3.63, 3.8) is 0 Å². The summed E-state index contributed by atoms with van der Waals surface area (Å²) in [4.78, 5) is 18.0. The first kappa shape index (κ1) is 16.3. The van der Waals surface area contributed by atoms with Gasteiger partial charge in [-0.1, -0.05) is 6.07 Å². The Kier molecular flexibility index (Phi) is 4.42. The molecule has 126 valence electrons. The van der Waals surface area contributed by atoms with Crippen LogP contribution in [0.3, 0.4) is 0 Å². The normalized spacial score (nSPS) is 15.0. The summed E-state index contributed by atoms with van der Waals surface area (Å²) in [6.07, 6.45) is 1.83. The maximum absolute atomic E-state index is 12.0. The smallest absolute Gasteiger partial charge is 0.262 e. The van der Waals surface area contributed by atoms with Crippen molar-refractivity contribution in [2.75, 3.05) is 19.8 Å². The number of nitrogens with two attached hydrogens (primary N) is 1. The van der Waals surface area contributed by atoms with Crippen LogP contribution in [0.2, 0.25) is 0 Å². The second-order valence-electron chi connectivity index (χ2n) is 6.46. The summed E-state index contributed by atoms with van der Waals surface area (Å²) in [5.74, 6) is 1.71. The summed E-state index contributed by atoms with van der Waals surface area (Å²) in [6, 6.07) is 11.6. The van der Waals surface area contributed by atoms with Gasteiger partial charge in [-0.25, -0.2) is 4.98 Å². The van der Waals surface area contributed by atoms with E-state index in [1.165, 1.54) is 23.3 Å². The molecule has 1 atom stereocenters. The van der Waals surface area contributed by atoms with Gasteiger partial charge in [-0.15, -0.1) is 0 Å². The highest BCUT2D eigenvalue weighted by molar-refractivity contribution is 5.80. The summed E-state index contributed by atoms with van der Waals surface area (Å²) in [7, 11) is 3.46.